The van der Waals surface area contributed by atoms with Crippen molar-refractivity contribution in [2.45, 2.75) is 44.0 Å². The Morgan fingerprint density at radius 1 is 1.59 bits per heavy atom. The Balaban J connectivity index is 2.19. The predicted octanol–water partition coefficient (Wildman–Crippen LogP) is 1.24. The molecule has 5 nitrogen and oxygen atoms in total. The summed E-state index contributed by atoms with van der Waals surface area (Å²) in [5.41, 5.74) is 0.607. The van der Waals surface area contributed by atoms with Crippen LogP contribution in [-0.4, -0.2) is 30.4 Å². The molecule has 6 heteroatoms. The van der Waals surface area contributed by atoms with Gasteiger partial charge >= 0.3 is 0 Å². The van der Waals surface area contributed by atoms with E-state index in [1.165, 1.54) is 6.26 Å². The highest BCUT2D eigenvalue weighted by Crippen LogP contribution is 2.32. The van der Waals surface area contributed by atoms with Gasteiger partial charge in [0.05, 0.1) is 17.6 Å². The molecule has 2 unspecified atom stereocenters. The molecule has 2 atom stereocenters. The van der Waals surface area contributed by atoms with Crippen LogP contribution < -0.4 is 0 Å². The first kappa shape index (κ1) is 12.6. The van der Waals surface area contributed by atoms with Crippen molar-refractivity contribution in [2.24, 2.45) is 0 Å². The molecule has 0 radical (unpaired) electrons. The summed E-state index contributed by atoms with van der Waals surface area (Å²) in [6, 6.07) is 0. The van der Waals surface area contributed by atoms with Gasteiger partial charge in [0.1, 0.15) is 11.5 Å². The van der Waals surface area contributed by atoms with Crippen molar-refractivity contribution in [2.75, 3.05) is 5.75 Å². The summed E-state index contributed by atoms with van der Waals surface area (Å²) < 4.78 is 29.0. The lowest BCUT2D eigenvalue weighted by atomic mass is 10.2. The molecule has 0 saturated carbocycles. The van der Waals surface area contributed by atoms with E-state index in [0.29, 0.717) is 18.5 Å². The van der Waals surface area contributed by atoms with Gasteiger partial charge in [-0.3, -0.25) is 0 Å². The number of rotatable bonds is 3. The van der Waals surface area contributed by atoms with E-state index in [1.807, 2.05) is 0 Å². The third-order valence-electron chi connectivity index (χ3n) is 2.93. The second-order valence-electron chi connectivity index (χ2n) is 4.58. The molecule has 96 valence electrons. The normalized spacial score (nSPS) is 25.6. The van der Waals surface area contributed by atoms with Gasteiger partial charge in [-0.05, 0) is 19.8 Å². The molecule has 0 amide bonds. The SMILES string of the molecule is CC(O)Cc1coc(C2CCCCS2(=O)=O)n1. The average Bonchev–Trinajstić information content (AvgIpc) is 2.64. The quantitative estimate of drug-likeness (QED) is 0.883. The lowest BCUT2D eigenvalue weighted by Crippen LogP contribution is -2.22. The van der Waals surface area contributed by atoms with Gasteiger partial charge in [0.2, 0.25) is 5.89 Å². The van der Waals surface area contributed by atoms with Crippen molar-refractivity contribution < 1.29 is 17.9 Å². The lowest BCUT2D eigenvalue weighted by molar-refractivity contribution is 0.194. The van der Waals surface area contributed by atoms with Gasteiger partial charge < -0.3 is 9.52 Å². The van der Waals surface area contributed by atoms with Gasteiger partial charge in [-0.1, -0.05) is 6.42 Å². The topological polar surface area (TPSA) is 80.4 Å². The molecule has 1 N–H and O–H groups in total. The Bertz CT molecular complexity index is 477. The van der Waals surface area contributed by atoms with Crippen molar-refractivity contribution in [3.8, 4) is 0 Å². The molecule has 1 fully saturated rings. The van der Waals surface area contributed by atoms with Crippen LogP contribution in [0.5, 0.6) is 0 Å². The molecule has 1 aliphatic heterocycles. The smallest absolute Gasteiger partial charge is 0.212 e. The van der Waals surface area contributed by atoms with Crippen LogP contribution in [0.4, 0.5) is 0 Å². The monoisotopic (exact) mass is 259 g/mol. The summed E-state index contributed by atoms with van der Waals surface area (Å²) in [5.74, 6) is 0.492. The zero-order valence-corrected chi connectivity index (χ0v) is 10.6. The van der Waals surface area contributed by atoms with Crippen molar-refractivity contribution in [1.29, 1.82) is 0 Å². The maximum absolute atomic E-state index is 11.9. The van der Waals surface area contributed by atoms with Gasteiger partial charge in [0, 0.05) is 6.42 Å². The first-order valence-corrected chi connectivity index (χ1v) is 7.54. The number of sulfone groups is 1. The molecule has 2 rings (SSSR count). The van der Waals surface area contributed by atoms with E-state index < -0.39 is 21.2 Å². The highest BCUT2D eigenvalue weighted by atomic mass is 32.2. The third-order valence-corrected chi connectivity index (χ3v) is 5.09. The van der Waals surface area contributed by atoms with Crippen LogP contribution in [0.25, 0.3) is 0 Å². The largest absolute Gasteiger partial charge is 0.447 e. The molecule has 0 aliphatic carbocycles. The lowest BCUT2D eigenvalue weighted by Gasteiger charge is -2.18. The van der Waals surface area contributed by atoms with Gasteiger partial charge in [-0.2, -0.15) is 0 Å². The number of aromatic nitrogens is 1. The maximum Gasteiger partial charge on any atom is 0.212 e. The summed E-state index contributed by atoms with van der Waals surface area (Å²) >= 11 is 0. The van der Waals surface area contributed by atoms with Crippen molar-refractivity contribution in [1.82, 2.24) is 4.98 Å². The Morgan fingerprint density at radius 2 is 2.35 bits per heavy atom. The molecule has 1 aliphatic rings. The van der Waals surface area contributed by atoms with E-state index in [4.69, 9.17) is 4.42 Å². The molecule has 1 aromatic rings. The molecule has 0 aromatic carbocycles. The number of aliphatic hydroxyl groups is 1. The number of oxazole rings is 1. The van der Waals surface area contributed by atoms with E-state index in [0.717, 1.165) is 12.8 Å². The van der Waals surface area contributed by atoms with Crippen molar-refractivity contribution >= 4 is 9.84 Å². The molecular weight excluding hydrogens is 242 g/mol. The Morgan fingerprint density at radius 3 is 3.00 bits per heavy atom. The van der Waals surface area contributed by atoms with Gasteiger partial charge in [-0.15, -0.1) is 0 Å². The fraction of sp³-hybridized carbons (Fsp3) is 0.727. The van der Waals surface area contributed by atoms with E-state index in [9.17, 15) is 13.5 Å². The highest BCUT2D eigenvalue weighted by Gasteiger charge is 2.33. The molecule has 17 heavy (non-hydrogen) atoms. The minimum atomic E-state index is -3.11. The zero-order chi connectivity index (χ0) is 12.5. The number of nitrogens with zero attached hydrogens (tertiary/aromatic N) is 1. The van der Waals surface area contributed by atoms with Gasteiger partial charge in [-0.25, -0.2) is 13.4 Å². The number of hydrogen-bond acceptors (Lipinski definition) is 5. The highest BCUT2D eigenvalue weighted by molar-refractivity contribution is 7.91. The van der Waals surface area contributed by atoms with Crippen molar-refractivity contribution in [3.05, 3.63) is 17.8 Å². The fourth-order valence-corrected chi connectivity index (χ4v) is 3.93. The number of aliphatic hydroxyl groups excluding tert-OH is 1. The van der Waals surface area contributed by atoms with Gasteiger partial charge in [0.25, 0.3) is 0 Å². The van der Waals surface area contributed by atoms with E-state index >= 15 is 0 Å². The minimum absolute atomic E-state index is 0.214. The Hall–Kier alpha value is -0.880. The van der Waals surface area contributed by atoms with E-state index in [-0.39, 0.29) is 11.6 Å². The molecule has 1 saturated heterocycles. The van der Waals surface area contributed by atoms with Crippen LogP contribution >= 0.6 is 0 Å². The predicted molar refractivity (Wildman–Crippen MR) is 62.3 cm³/mol. The zero-order valence-electron chi connectivity index (χ0n) is 9.80. The van der Waals surface area contributed by atoms with Gasteiger partial charge in [0.15, 0.2) is 9.84 Å². The first-order valence-electron chi connectivity index (χ1n) is 5.83. The van der Waals surface area contributed by atoms with Crippen LogP contribution in [0.1, 0.15) is 43.0 Å². The van der Waals surface area contributed by atoms with Crippen LogP contribution in [0, 0.1) is 0 Å². The van der Waals surface area contributed by atoms with Crippen LogP contribution in [-0.2, 0) is 16.3 Å². The molecular formula is C11H17NO4S. The summed E-state index contributed by atoms with van der Waals surface area (Å²) in [6.07, 6.45) is 3.51. The summed E-state index contributed by atoms with van der Waals surface area (Å²) in [7, 11) is -3.11. The summed E-state index contributed by atoms with van der Waals surface area (Å²) in [6.45, 7) is 1.66. The molecule has 1 aromatic heterocycles. The first-order chi connectivity index (χ1) is 7.99. The average molecular weight is 259 g/mol. The van der Waals surface area contributed by atoms with Crippen LogP contribution in [0.15, 0.2) is 10.7 Å². The standard InChI is InChI=1S/C11H17NO4S/c1-8(13)6-9-7-16-11(12-9)10-4-2-3-5-17(10,14)15/h7-8,10,13H,2-6H2,1H3. The second kappa shape index (κ2) is 4.78. The molecule has 0 spiro atoms. The van der Waals surface area contributed by atoms with Crippen LogP contribution in [0.3, 0.4) is 0 Å². The third kappa shape index (κ3) is 2.87. The maximum atomic E-state index is 11.9. The molecule has 0 bridgehead atoms. The van der Waals surface area contributed by atoms with Crippen molar-refractivity contribution in [3.63, 3.8) is 0 Å². The number of hydrogen-bond donors (Lipinski definition) is 1. The fourth-order valence-electron chi connectivity index (χ4n) is 2.10. The van der Waals surface area contributed by atoms with E-state index in [1.54, 1.807) is 6.92 Å². The summed E-state index contributed by atoms with van der Waals surface area (Å²) in [4.78, 5) is 4.16. The minimum Gasteiger partial charge on any atom is -0.447 e. The summed E-state index contributed by atoms with van der Waals surface area (Å²) in [5, 5.41) is 8.63. The Kier molecular flexibility index (Phi) is 3.53. The van der Waals surface area contributed by atoms with Crippen LogP contribution in [0.2, 0.25) is 0 Å². The molecule has 2 heterocycles. The van der Waals surface area contributed by atoms with E-state index in [2.05, 4.69) is 4.98 Å². The Labute approximate surface area is 101 Å². The second-order valence-corrected chi connectivity index (χ2v) is 6.88.